The smallest absolute Gasteiger partial charge is 0.401 e. The maximum absolute atomic E-state index is 12.1. The number of aliphatic imine (C=N–C) groups is 1. The van der Waals surface area contributed by atoms with E-state index in [0.717, 1.165) is 11.8 Å². The first kappa shape index (κ1) is 15.0. The largest absolute Gasteiger partial charge is 0.433 e. The van der Waals surface area contributed by atoms with Gasteiger partial charge in [-0.1, -0.05) is 0 Å². The highest BCUT2D eigenvalue weighted by molar-refractivity contribution is 8.18. The van der Waals surface area contributed by atoms with Crippen molar-refractivity contribution in [2.24, 2.45) is 4.99 Å². The number of nitro groups is 1. The molecule has 0 unspecified atom stereocenters. The summed E-state index contributed by atoms with van der Waals surface area (Å²) in [7, 11) is 0. The molecule has 0 bridgehead atoms. The van der Waals surface area contributed by atoms with E-state index in [0.29, 0.717) is 16.6 Å². The molecule has 0 aliphatic carbocycles. The third kappa shape index (κ3) is 3.19. The van der Waals surface area contributed by atoms with E-state index in [1.54, 1.807) is 6.92 Å². The van der Waals surface area contributed by atoms with E-state index in [2.05, 4.69) is 4.99 Å². The summed E-state index contributed by atoms with van der Waals surface area (Å²) >= 11 is 1.03. The molecule has 1 aromatic rings. The van der Waals surface area contributed by atoms with Crippen LogP contribution in [0.15, 0.2) is 26.4 Å². The summed E-state index contributed by atoms with van der Waals surface area (Å²) in [6.07, 6.45) is 1.39. The standard InChI is InChI=1S/C12H11N3O5S/c1-3-14-11(17)9(21-12(14)13-7(2)16)6-8-4-5-10(20-8)15(18)19/h4-6H,3H2,1-2H3/b9-6-,13-12?. The molecule has 9 heteroatoms. The van der Waals surface area contributed by atoms with Crippen molar-refractivity contribution in [3.8, 4) is 0 Å². The van der Waals surface area contributed by atoms with Gasteiger partial charge in [0.15, 0.2) is 5.17 Å². The average molecular weight is 309 g/mol. The molecule has 110 valence electrons. The Morgan fingerprint density at radius 3 is 2.81 bits per heavy atom. The Balaban J connectivity index is 2.31. The molecule has 2 heterocycles. The highest BCUT2D eigenvalue weighted by atomic mass is 32.2. The molecule has 2 rings (SSSR count). The molecule has 2 amide bonds. The minimum absolute atomic E-state index is 0.192. The number of hydrogen-bond acceptors (Lipinski definition) is 6. The van der Waals surface area contributed by atoms with E-state index < -0.39 is 16.7 Å². The number of carbonyl (C=O) groups is 2. The van der Waals surface area contributed by atoms with Crippen LogP contribution in [0.1, 0.15) is 19.6 Å². The summed E-state index contributed by atoms with van der Waals surface area (Å²) < 4.78 is 4.97. The second-order valence-corrected chi connectivity index (χ2v) is 5.02. The predicted octanol–water partition coefficient (Wildman–Crippen LogP) is 2.03. The van der Waals surface area contributed by atoms with Gasteiger partial charge in [0.1, 0.15) is 10.7 Å². The lowest BCUT2D eigenvalue weighted by molar-refractivity contribution is -0.402. The van der Waals surface area contributed by atoms with Crippen molar-refractivity contribution in [3.63, 3.8) is 0 Å². The fraction of sp³-hybridized carbons (Fsp3) is 0.250. The monoisotopic (exact) mass is 309 g/mol. The van der Waals surface area contributed by atoms with E-state index in [1.165, 1.54) is 30.0 Å². The Morgan fingerprint density at radius 1 is 1.57 bits per heavy atom. The maximum atomic E-state index is 12.1. The lowest BCUT2D eigenvalue weighted by Gasteiger charge is -2.10. The van der Waals surface area contributed by atoms with Gasteiger partial charge in [-0.15, -0.1) is 0 Å². The number of carbonyl (C=O) groups excluding carboxylic acids is 2. The average Bonchev–Trinajstić information content (AvgIpc) is 2.96. The summed E-state index contributed by atoms with van der Waals surface area (Å²) in [4.78, 5) is 38.5. The number of rotatable bonds is 3. The molecular formula is C12H11N3O5S. The zero-order valence-electron chi connectivity index (χ0n) is 11.2. The van der Waals surface area contributed by atoms with Gasteiger partial charge in [-0.2, -0.15) is 4.99 Å². The first-order chi connectivity index (χ1) is 9.92. The summed E-state index contributed by atoms with van der Waals surface area (Å²) in [5.74, 6) is -0.930. The van der Waals surface area contributed by atoms with Crippen LogP contribution in [0, 0.1) is 10.1 Å². The van der Waals surface area contributed by atoms with Gasteiger partial charge in [0, 0.05) is 19.5 Å². The molecule has 1 aliphatic heterocycles. The normalized spacial score (nSPS) is 18.8. The summed E-state index contributed by atoms with van der Waals surface area (Å²) in [5, 5.41) is 10.8. The van der Waals surface area contributed by atoms with Crippen LogP contribution < -0.4 is 0 Å². The lowest BCUT2D eigenvalue weighted by Crippen LogP contribution is -2.29. The fourth-order valence-electron chi connectivity index (χ4n) is 1.65. The number of thioether (sulfide) groups is 1. The SMILES string of the molecule is CCN1C(=O)/C(=C/c2ccc([N+](=O)[O-])o2)SC1=NC(C)=O. The van der Waals surface area contributed by atoms with Crippen molar-refractivity contribution in [1.29, 1.82) is 0 Å². The van der Waals surface area contributed by atoms with E-state index in [1.807, 2.05) is 0 Å². The number of amidine groups is 1. The summed E-state index contributed by atoms with van der Waals surface area (Å²) in [5.41, 5.74) is 0. The van der Waals surface area contributed by atoms with E-state index in [9.17, 15) is 19.7 Å². The van der Waals surface area contributed by atoms with Crippen molar-refractivity contribution in [3.05, 3.63) is 32.9 Å². The fourth-order valence-corrected chi connectivity index (χ4v) is 2.72. The molecule has 1 aromatic heterocycles. The van der Waals surface area contributed by atoms with Crippen molar-refractivity contribution in [2.75, 3.05) is 6.54 Å². The quantitative estimate of drug-likeness (QED) is 0.480. The first-order valence-electron chi connectivity index (χ1n) is 5.97. The van der Waals surface area contributed by atoms with Crippen LogP contribution in [0.5, 0.6) is 0 Å². The number of nitrogens with zero attached hydrogens (tertiary/aromatic N) is 3. The van der Waals surface area contributed by atoms with Crippen LogP contribution in [0.3, 0.4) is 0 Å². The molecule has 0 spiro atoms. The Kier molecular flexibility index (Phi) is 4.22. The Morgan fingerprint density at radius 2 is 2.29 bits per heavy atom. The zero-order valence-corrected chi connectivity index (χ0v) is 12.0. The summed E-state index contributed by atoms with van der Waals surface area (Å²) in [6, 6.07) is 2.61. The molecular weight excluding hydrogens is 298 g/mol. The van der Waals surface area contributed by atoms with Gasteiger partial charge in [0.2, 0.25) is 5.91 Å². The molecule has 0 aromatic carbocycles. The maximum Gasteiger partial charge on any atom is 0.433 e. The minimum atomic E-state index is -0.660. The van der Waals surface area contributed by atoms with Gasteiger partial charge in [0.25, 0.3) is 5.91 Å². The van der Waals surface area contributed by atoms with Crippen LogP contribution >= 0.6 is 11.8 Å². The highest BCUT2D eigenvalue weighted by Crippen LogP contribution is 2.33. The number of furan rings is 1. The molecule has 1 fully saturated rings. The van der Waals surface area contributed by atoms with Gasteiger partial charge >= 0.3 is 5.88 Å². The molecule has 0 N–H and O–H groups in total. The predicted molar refractivity (Wildman–Crippen MR) is 76.4 cm³/mol. The van der Waals surface area contributed by atoms with Crippen molar-refractivity contribution >= 4 is 40.7 Å². The zero-order chi connectivity index (χ0) is 15.6. The minimum Gasteiger partial charge on any atom is -0.401 e. The molecule has 0 radical (unpaired) electrons. The molecule has 8 nitrogen and oxygen atoms in total. The van der Waals surface area contributed by atoms with Crippen LogP contribution in [0.2, 0.25) is 0 Å². The van der Waals surface area contributed by atoms with Gasteiger partial charge in [-0.25, -0.2) is 0 Å². The van der Waals surface area contributed by atoms with Gasteiger partial charge in [-0.3, -0.25) is 24.6 Å². The molecule has 0 saturated carbocycles. The highest BCUT2D eigenvalue weighted by Gasteiger charge is 2.32. The number of likely N-dealkylation sites (N-methyl/N-ethyl adjacent to an activating group) is 1. The van der Waals surface area contributed by atoms with Gasteiger partial charge in [0.05, 0.1) is 11.0 Å². The number of hydrogen-bond donors (Lipinski definition) is 0. The van der Waals surface area contributed by atoms with Crippen LogP contribution in [0.4, 0.5) is 5.88 Å². The molecule has 0 atom stereocenters. The Bertz CT molecular complexity index is 676. The van der Waals surface area contributed by atoms with E-state index >= 15 is 0 Å². The van der Waals surface area contributed by atoms with Crippen LogP contribution in [-0.2, 0) is 9.59 Å². The third-order valence-corrected chi connectivity index (χ3v) is 3.53. The lowest BCUT2D eigenvalue weighted by atomic mass is 10.3. The Hall–Kier alpha value is -2.42. The van der Waals surface area contributed by atoms with E-state index in [4.69, 9.17) is 4.42 Å². The number of amides is 2. The Labute approximate surface area is 123 Å². The topological polar surface area (TPSA) is 106 Å². The van der Waals surface area contributed by atoms with Crippen LogP contribution in [-0.4, -0.2) is 33.3 Å². The second kappa shape index (κ2) is 5.92. The summed E-state index contributed by atoms with van der Waals surface area (Å²) in [6.45, 7) is 3.42. The third-order valence-electron chi connectivity index (χ3n) is 2.52. The van der Waals surface area contributed by atoms with Crippen molar-refractivity contribution in [1.82, 2.24) is 4.90 Å². The molecule has 21 heavy (non-hydrogen) atoms. The van der Waals surface area contributed by atoms with E-state index in [-0.39, 0.29) is 11.7 Å². The molecule has 1 saturated heterocycles. The van der Waals surface area contributed by atoms with Crippen LogP contribution in [0.25, 0.3) is 6.08 Å². The van der Waals surface area contributed by atoms with Crippen molar-refractivity contribution < 1.29 is 18.9 Å². The first-order valence-corrected chi connectivity index (χ1v) is 6.79. The van der Waals surface area contributed by atoms with Gasteiger partial charge < -0.3 is 4.42 Å². The molecule has 1 aliphatic rings. The van der Waals surface area contributed by atoms with Gasteiger partial charge in [-0.05, 0) is 24.8 Å². The second-order valence-electron chi connectivity index (χ2n) is 4.01. The van der Waals surface area contributed by atoms with Crippen molar-refractivity contribution in [2.45, 2.75) is 13.8 Å².